The van der Waals surface area contributed by atoms with Crippen LogP contribution in [0.2, 0.25) is 0 Å². The van der Waals surface area contributed by atoms with Crippen molar-refractivity contribution in [2.24, 2.45) is 0 Å². The van der Waals surface area contributed by atoms with E-state index in [1.165, 1.54) is 18.2 Å². The summed E-state index contributed by atoms with van der Waals surface area (Å²) in [6, 6.07) is 10.8. The number of amides is 1. The molecule has 0 spiro atoms. The summed E-state index contributed by atoms with van der Waals surface area (Å²) in [4.78, 5) is 12.4. The van der Waals surface area contributed by atoms with Crippen molar-refractivity contribution >= 4 is 22.6 Å². The molecule has 136 valence electrons. The molecule has 0 unspecified atom stereocenters. The second-order valence-corrected chi connectivity index (χ2v) is 5.46. The summed E-state index contributed by atoms with van der Waals surface area (Å²) in [5, 5.41) is 10.5. The fourth-order valence-corrected chi connectivity index (χ4v) is 2.40. The van der Waals surface area contributed by atoms with Gasteiger partial charge in [0.05, 0.1) is 11.2 Å². The summed E-state index contributed by atoms with van der Waals surface area (Å²) in [6.07, 6.45) is -4.47. The van der Waals surface area contributed by atoms with Crippen molar-refractivity contribution in [3.8, 4) is 5.75 Å². The van der Waals surface area contributed by atoms with Gasteiger partial charge in [-0.2, -0.15) is 13.2 Å². The fourth-order valence-electron chi connectivity index (χ4n) is 2.40. The third-order valence-corrected chi connectivity index (χ3v) is 3.60. The van der Waals surface area contributed by atoms with Crippen molar-refractivity contribution in [3.05, 3.63) is 48.0 Å². The van der Waals surface area contributed by atoms with Crippen LogP contribution in [0.3, 0.4) is 0 Å². The Balaban J connectivity index is 1.80. The van der Waals surface area contributed by atoms with Crippen molar-refractivity contribution in [3.63, 3.8) is 0 Å². The van der Waals surface area contributed by atoms with Crippen LogP contribution in [-0.4, -0.2) is 33.7 Å². The van der Waals surface area contributed by atoms with Crippen LogP contribution in [0, 0.1) is 0 Å². The van der Waals surface area contributed by atoms with E-state index in [2.05, 4.69) is 15.6 Å². The minimum Gasteiger partial charge on any atom is -0.482 e. The maximum Gasteiger partial charge on any atom is 0.422 e. The first-order valence-corrected chi connectivity index (χ1v) is 7.80. The highest BCUT2D eigenvalue weighted by Gasteiger charge is 2.29. The minimum atomic E-state index is -4.47. The number of hydrogen-bond acceptors (Lipinski definition) is 4. The van der Waals surface area contributed by atoms with Gasteiger partial charge in [-0.25, -0.2) is 4.68 Å². The Hall–Kier alpha value is -3.10. The second-order valence-electron chi connectivity index (χ2n) is 5.46. The zero-order valence-electron chi connectivity index (χ0n) is 13.7. The van der Waals surface area contributed by atoms with Gasteiger partial charge in [0.1, 0.15) is 11.3 Å². The maximum atomic E-state index is 12.4. The number of ether oxygens (including phenoxy) is 1. The summed E-state index contributed by atoms with van der Waals surface area (Å²) in [6.45, 7) is 1.13. The molecular formula is C17H15F3N4O2. The number of aryl methyl sites for hydroxylation is 1. The molecule has 0 aliphatic heterocycles. The van der Waals surface area contributed by atoms with Crippen LogP contribution >= 0.6 is 0 Å². The lowest BCUT2D eigenvalue weighted by atomic mass is 10.1. The van der Waals surface area contributed by atoms with Gasteiger partial charge >= 0.3 is 6.18 Å². The number of para-hydroxylation sites is 2. The Kier molecular flexibility index (Phi) is 4.79. The standard InChI is InChI=1S/C17H15F3N4O2/c1-2-24-14-8-7-11(9-13(14)22-23-24)16(25)21-12-5-3-4-6-15(12)26-10-17(18,19)20/h3-9H,2,10H2,1H3,(H,21,25). The quantitative estimate of drug-likeness (QED) is 0.750. The van der Waals surface area contributed by atoms with Crippen LogP contribution in [0.5, 0.6) is 5.75 Å². The average Bonchev–Trinajstić information content (AvgIpc) is 3.02. The van der Waals surface area contributed by atoms with E-state index in [9.17, 15) is 18.0 Å². The number of carbonyl (C=O) groups is 1. The Morgan fingerprint density at radius 1 is 1.23 bits per heavy atom. The van der Waals surface area contributed by atoms with E-state index in [0.29, 0.717) is 17.6 Å². The summed E-state index contributed by atoms with van der Waals surface area (Å²) < 4.78 is 43.5. The van der Waals surface area contributed by atoms with Crippen LogP contribution in [-0.2, 0) is 6.54 Å². The first-order valence-electron chi connectivity index (χ1n) is 7.80. The highest BCUT2D eigenvalue weighted by molar-refractivity contribution is 6.06. The molecule has 0 aliphatic rings. The lowest BCUT2D eigenvalue weighted by Gasteiger charge is -2.13. The van der Waals surface area contributed by atoms with Gasteiger partial charge in [-0.3, -0.25) is 4.79 Å². The van der Waals surface area contributed by atoms with Crippen LogP contribution in [0.1, 0.15) is 17.3 Å². The van der Waals surface area contributed by atoms with E-state index in [0.717, 1.165) is 5.52 Å². The summed E-state index contributed by atoms with van der Waals surface area (Å²) in [5.41, 5.74) is 1.81. The monoisotopic (exact) mass is 364 g/mol. The number of halogens is 3. The molecule has 0 bridgehead atoms. The molecule has 0 aliphatic carbocycles. The fraction of sp³-hybridized carbons (Fsp3) is 0.235. The van der Waals surface area contributed by atoms with Crippen LogP contribution < -0.4 is 10.1 Å². The number of nitrogens with one attached hydrogen (secondary N) is 1. The molecule has 9 heteroatoms. The summed E-state index contributed by atoms with van der Waals surface area (Å²) in [7, 11) is 0. The highest BCUT2D eigenvalue weighted by Crippen LogP contribution is 2.27. The normalized spacial score (nSPS) is 11.5. The van der Waals surface area contributed by atoms with Gasteiger partial charge in [-0.1, -0.05) is 17.3 Å². The highest BCUT2D eigenvalue weighted by atomic mass is 19.4. The van der Waals surface area contributed by atoms with E-state index < -0.39 is 18.7 Å². The topological polar surface area (TPSA) is 69.0 Å². The predicted molar refractivity (Wildman–Crippen MR) is 89.1 cm³/mol. The first-order chi connectivity index (χ1) is 12.4. The van der Waals surface area contributed by atoms with Gasteiger partial charge in [-0.15, -0.1) is 5.10 Å². The van der Waals surface area contributed by atoms with E-state index in [1.807, 2.05) is 6.92 Å². The Labute approximate surface area is 146 Å². The number of carbonyl (C=O) groups excluding carboxylic acids is 1. The second kappa shape index (κ2) is 7.03. The number of alkyl halides is 3. The van der Waals surface area contributed by atoms with E-state index in [-0.39, 0.29) is 11.4 Å². The van der Waals surface area contributed by atoms with Gasteiger partial charge in [-0.05, 0) is 37.3 Å². The number of aromatic nitrogens is 3. The third-order valence-electron chi connectivity index (χ3n) is 3.60. The lowest BCUT2D eigenvalue weighted by molar-refractivity contribution is -0.153. The van der Waals surface area contributed by atoms with Crippen molar-refractivity contribution in [1.29, 1.82) is 0 Å². The molecule has 1 aromatic heterocycles. The van der Waals surface area contributed by atoms with Crippen LogP contribution in [0.15, 0.2) is 42.5 Å². The number of hydrogen-bond donors (Lipinski definition) is 1. The van der Waals surface area contributed by atoms with Gasteiger partial charge in [0.2, 0.25) is 0 Å². The molecule has 1 heterocycles. The molecule has 1 N–H and O–H groups in total. The van der Waals surface area contributed by atoms with Crippen molar-refractivity contribution < 1.29 is 22.7 Å². The van der Waals surface area contributed by atoms with Crippen molar-refractivity contribution in [2.75, 3.05) is 11.9 Å². The van der Waals surface area contributed by atoms with Crippen LogP contribution in [0.4, 0.5) is 18.9 Å². The smallest absolute Gasteiger partial charge is 0.422 e. The average molecular weight is 364 g/mol. The Morgan fingerprint density at radius 2 is 2.00 bits per heavy atom. The molecule has 2 aromatic carbocycles. The maximum absolute atomic E-state index is 12.4. The predicted octanol–water partition coefficient (Wildman–Crippen LogP) is 3.64. The molecular weight excluding hydrogens is 349 g/mol. The number of nitrogens with zero attached hydrogens (tertiary/aromatic N) is 3. The zero-order chi connectivity index (χ0) is 18.7. The van der Waals surface area contributed by atoms with Crippen LogP contribution in [0.25, 0.3) is 11.0 Å². The first kappa shape index (κ1) is 17.7. The van der Waals surface area contributed by atoms with E-state index in [1.54, 1.807) is 28.9 Å². The molecule has 26 heavy (non-hydrogen) atoms. The number of benzene rings is 2. The van der Waals surface area contributed by atoms with Gasteiger partial charge in [0.25, 0.3) is 5.91 Å². The molecule has 6 nitrogen and oxygen atoms in total. The summed E-state index contributed by atoms with van der Waals surface area (Å²) in [5.74, 6) is -0.544. The van der Waals surface area contributed by atoms with Gasteiger partial charge < -0.3 is 10.1 Å². The molecule has 0 fully saturated rings. The SMILES string of the molecule is CCn1nnc2cc(C(=O)Nc3ccccc3OCC(F)(F)F)ccc21. The molecule has 0 saturated heterocycles. The van der Waals surface area contributed by atoms with Gasteiger partial charge in [0.15, 0.2) is 6.61 Å². The zero-order valence-corrected chi connectivity index (χ0v) is 13.7. The number of anilines is 1. The minimum absolute atomic E-state index is 0.0591. The molecule has 0 radical (unpaired) electrons. The number of fused-ring (bicyclic) bond motifs is 1. The van der Waals surface area contributed by atoms with Crippen molar-refractivity contribution in [1.82, 2.24) is 15.0 Å². The molecule has 0 saturated carbocycles. The molecule has 3 aromatic rings. The molecule has 0 atom stereocenters. The Morgan fingerprint density at radius 3 is 2.73 bits per heavy atom. The largest absolute Gasteiger partial charge is 0.482 e. The van der Waals surface area contributed by atoms with E-state index >= 15 is 0 Å². The van der Waals surface area contributed by atoms with Gasteiger partial charge in [0, 0.05) is 12.1 Å². The molecule has 3 rings (SSSR count). The Bertz CT molecular complexity index is 937. The van der Waals surface area contributed by atoms with E-state index in [4.69, 9.17) is 4.74 Å². The molecule has 1 amide bonds. The lowest BCUT2D eigenvalue weighted by Crippen LogP contribution is -2.20. The third kappa shape index (κ3) is 3.93. The summed E-state index contributed by atoms with van der Waals surface area (Å²) >= 11 is 0. The van der Waals surface area contributed by atoms with Crippen molar-refractivity contribution in [2.45, 2.75) is 19.6 Å². The number of rotatable bonds is 5.